The first-order valence-electron chi connectivity index (χ1n) is 4.65. The van der Waals surface area contributed by atoms with Crippen molar-refractivity contribution in [3.05, 3.63) is 22.6 Å². The second kappa shape index (κ2) is 4.78. The number of nitrogens with zero attached hydrogens (tertiary/aromatic N) is 1. The van der Waals surface area contributed by atoms with Crippen LogP contribution in [0.2, 0.25) is 0 Å². The molecule has 1 aromatic heterocycles. The van der Waals surface area contributed by atoms with E-state index in [0.717, 1.165) is 0 Å². The van der Waals surface area contributed by atoms with E-state index in [1.807, 2.05) is 5.01 Å². The fraction of sp³-hybridized carbons (Fsp3) is 0.444. The third-order valence-corrected chi connectivity index (χ3v) is 2.49. The highest BCUT2D eigenvalue weighted by Crippen LogP contribution is 2.13. The monoisotopic (exact) mass is 274 g/mol. The van der Waals surface area contributed by atoms with Crippen LogP contribution in [0.5, 0.6) is 0 Å². The minimum absolute atomic E-state index is 0.234. The van der Waals surface area contributed by atoms with Crippen molar-refractivity contribution < 1.29 is 13.9 Å². The van der Waals surface area contributed by atoms with Gasteiger partial charge in [0.1, 0.15) is 0 Å². The number of rotatable bonds is 2. The van der Waals surface area contributed by atoms with Crippen molar-refractivity contribution in [1.82, 2.24) is 10.4 Å². The summed E-state index contributed by atoms with van der Waals surface area (Å²) < 4.78 is 10.9. The molecule has 1 aromatic rings. The molecule has 2 heterocycles. The molecule has 82 valence electrons. The van der Waals surface area contributed by atoms with Crippen LogP contribution in [0, 0.1) is 0 Å². The molecular formula is C9H11BrN2O3. The number of hydrogen-bond acceptors (Lipinski definition) is 4. The average Bonchev–Trinajstić information content (AvgIpc) is 2.66. The number of halogens is 1. The van der Waals surface area contributed by atoms with Gasteiger partial charge in [0.05, 0.1) is 13.2 Å². The SMILES string of the molecule is O=C(NN1CCOCC1)c1ccc(Br)o1. The van der Waals surface area contributed by atoms with E-state index in [4.69, 9.17) is 9.15 Å². The molecular weight excluding hydrogens is 264 g/mol. The first-order valence-corrected chi connectivity index (χ1v) is 5.44. The minimum Gasteiger partial charge on any atom is -0.444 e. The topological polar surface area (TPSA) is 54.7 Å². The molecule has 1 aliphatic heterocycles. The Morgan fingerprint density at radius 1 is 1.40 bits per heavy atom. The van der Waals surface area contributed by atoms with Crippen molar-refractivity contribution in [2.24, 2.45) is 0 Å². The van der Waals surface area contributed by atoms with Gasteiger partial charge in [-0.05, 0) is 28.1 Å². The zero-order chi connectivity index (χ0) is 10.7. The summed E-state index contributed by atoms with van der Waals surface area (Å²) in [5, 5.41) is 1.82. The van der Waals surface area contributed by atoms with Gasteiger partial charge in [-0.15, -0.1) is 0 Å². The fourth-order valence-electron chi connectivity index (χ4n) is 1.31. The van der Waals surface area contributed by atoms with Gasteiger partial charge in [0.25, 0.3) is 0 Å². The Morgan fingerprint density at radius 3 is 2.73 bits per heavy atom. The number of nitrogens with one attached hydrogen (secondary N) is 1. The molecule has 0 spiro atoms. The number of hydrazine groups is 1. The van der Waals surface area contributed by atoms with Crippen LogP contribution in [0.15, 0.2) is 21.2 Å². The maximum atomic E-state index is 11.6. The van der Waals surface area contributed by atoms with Gasteiger partial charge >= 0.3 is 5.91 Å². The summed E-state index contributed by atoms with van der Waals surface area (Å²) in [6.07, 6.45) is 0. The van der Waals surface area contributed by atoms with E-state index >= 15 is 0 Å². The Morgan fingerprint density at radius 2 is 2.13 bits per heavy atom. The molecule has 0 bridgehead atoms. The highest BCUT2D eigenvalue weighted by Gasteiger charge is 2.16. The quantitative estimate of drug-likeness (QED) is 0.875. The number of carbonyl (C=O) groups is 1. The molecule has 0 unspecified atom stereocenters. The average molecular weight is 275 g/mol. The molecule has 1 N–H and O–H groups in total. The van der Waals surface area contributed by atoms with Crippen molar-refractivity contribution >= 4 is 21.8 Å². The van der Waals surface area contributed by atoms with Crippen LogP contribution in [0.1, 0.15) is 10.6 Å². The normalized spacial score (nSPS) is 17.7. The van der Waals surface area contributed by atoms with Crippen LogP contribution in [0.25, 0.3) is 0 Å². The standard InChI is InChI=1S/C9H11BrN2O3/c10-8-2-1-7(15-8)9(13)11-12-3-5-14-6-4-12/h1-2H,3-6H2,(H,11,13). The van der Waals surface area contributed by atoms with Crippen LogP contribution in [0.3, 0.4) is 0 Å². The van der Waals surface area contributed by atoms with Crippen LogP contribution < -0.4 is 5.43 Å². The first-order chi connectivity index (χ1) is 7.25. The van der Waals surface area contributed by atoms with Crippen LogP contribution in [0.4, 0.5) is 0 Å². The number of hydrogen-bond donors (Lipinski definition) is 1. The number of ether oxygens (including phenoxy) is 1. The minimum atomic E-state index is -0.234. The maximum Gasteiger partial charge on any atom is 0.301 e. The second-order valence-corrected chi connectivity index (χ2v) is 3.93. The Labute approximate surface area is 95.5 Å². The summed E-state index contributed by atoms with van der Waals surface area (Å²) in [5.41, 5.74) is 2.75. The molecule has 2 rings (SSSR count). The highest BCUT2D eigenvalue weighted by molar-refractivity contribution is 9.10. The molecule has 0 aromatic carbocycles. The summed E-state index contributed by atoms with van der Waals surface area (Å²) in [7, 11) is 0. The lowest BCUT2D eigenvalue weighted by molar-refractivity contribution is 0.0117. The largest absolute Gasteiger partial charge is 0.444 e. The number of furan rings is 1. The zero-order valence-electron chi connectivity index (χ0n) is 8.03. The van der Waals surface area contributed by atoms with Crippen LogP contribution in [-0.4, -0.2) is 37.2 Å². The molecule has 1 saturated heterocycles. The van der Waals surface area contributed by atoms with Gasteiger partial charge in [-0.1, -0.05) is 0 Å². The van der Waals surface area contributed by atoms with Crippen molar-refractivity contribution in [3.63, 3.8) is 0 Å². The van der Waals surface area contributed by atoms with Gasteiger partial charge in [0.15, 0.2) is 10.4 Å². The predicted octanol–water partition coefficient (Wildman–Crippen LogP) is 1.02. The highest BCUT2D eigenvalue weighted by atomic mass is 79.9. The van der Waals surface area contributed by atoms with Crippen LogP contribution >= 0.6 is 15.9 Å². The summed E-state index contributed by atoms with van der Waals surface area (Å²) in [6, 6.07) is 3.31. The second-order valence-electron chi connectivity index (χ2n) is 3.14. The third-order valence-electron chi connectivity index (χ3n) is 2.07. The van der Waals surface area contributed by atoms with E-state index in [-0.39, 0.29) is 5.91 Å². The van der Waals surface area contributed by atoms with Gasteiger partial charge in [0, 0.05) is 13.1 Å². The van der Waals surface area contributed by atoms with E-state index in [9.17, 15) is 4.79 Å². The van der Waals surface area contributed by atoms with E-state index < -0.39 is 0 Å². The van der Waals surface area contributed by atoms with Gasteiger partial charge in [0.2, 0.25) is 0 Å². The Balaban J connectivity index is 1.91. The zero-order valence-corrected chi connectivity index (χ0v) is 9.62. The van der Waals surface area contributed by atoms with Crippen LogP contribution in [-0.2, 0) is 4.74 Å². The lowest BCUT2D eigenvalue weighted by Gasteiger charge is -2.26. The smallest absolute Gasteiger partial charge is 0.301 e. The van der Waals surface area contributed by atoms with Crippen molar-refractivity contribution in [3.8, 4) is 0 Å². The number of amides is 1. The van der Waals surface area contributed by atoms with E-state index in [0.29, 0.717) is 36.7 Å². The Kier molecular flexibility index (Phi) is 3.40. The Bertz CT molecular complexity index is 347. The summed E-state index contributed by atoms with van der Waals surface area (Å²) in [6.45, 7) is 2.69. The van der Waals surface area contributed by atoms with Crippen molar-refractivity contribution in [2.75, 3.05) is 26.3 Å². The molecule has 6 heteroatoms. The summed E-state index contributed by atoms with van der Waals surface area (Å²) >= 11 is 3.15. The molecule has 0 aliphatic carbocycles. The molecule has 0 radical (unpaired) electrons. The molecule has 0 atom stereocenters. The van der Waals surface area contributed by atoms with Gasteiger partial charge in [-0.3, -0.25) is 10.2 Å². The lowest BCUT2D eigenvalue weighted by atomic mass is 10.4. The Hall–Kier alpha value is -0.850. The number of morpholine rings is 1. The third kappa shape index (κ3) is 2.80. The molecule has 1 amide bonds. The van der Waals surface area contributed by atoms with Crippen molar-refractivity contribution in [2.45, 2.75) is 0 Å². The predicted molar refractivity (Wildman–Crippen MR) is 56.3 cm³/mol. The lowest BCUT2D eigenvalue weighted by Crippen LogP contribution is -2.48. The maximum absolute atomic E-state index is 11.6. The molecule has 5 nitrogen and oxygen atoms in total. The first kappa shape index (κ1) is 10.7. The number of carbonyl (C=O) groups excluding carboxylic acids is 1. The summed E-state index contributed by atoms with van der Waals surface area (Å²) in [4.78, 5) is 11.6. The van der Waals surface area contributed by atoms with Gasteiger partial charge < -0.3 is 9.15 Å². The molecule has 1 fully saturated rings. The van der Waals surface area contributed by atoms with Gasteiger partial charge in [-0.25, -0.2) is 5.01 Å². The van der Waals surface area contributed by atoms with Gasteiger partial charge in [-0.2, -0.15) is 0 Å². The fourth-order valence-corrected chi connectivity index (χ4v) is 1.62. The molecule has 0 saturated carbocycles. The van der Waals surface area contributed by atoms with E-state index in [1.165, 1.54) is 0 Å². The van der Waals surface area contributed by atoms with E-state index in [2.05, 4.69) is 21.4 Å². The summed E-state index contributed by atoms with van der Waals surface area (Å²) in [5.74, 6) is 0.0657. The molecule has 15 heavy (non-hydrogen) atoms. The molecule has 1 aliphatic rings. The van der Waals surface area contributed by atoms with E-state index in [1.54, 1.807) is 12.1 Å². The van der Waals surface area contributed by atoms with Crippen molar-refractivity contribution in [1.29, 1.82) is 0 Å².